The lowest BCUT2D eigenvalue weighted by Gasteiger charge is -2.38. The smallest absolute Gasteiger partial charge is 0.132 e. The zero-order valence-corrected chi connectivity index (χ0v) is 17.1. The predicted molar refractivity (Wildman–Crippen MR) is 113 cm³/mol. The highest BCUT2D eigenvalue weighted by atomic mass is 16.3. The quantitative estimate of drug-likeness (QED) is 0.863. The van der Waals surface area contributed by atoms with Crippen molar-refractivity contribution in [2.45, 2.75) is 57.6 Å². The van der Waals surface area contributed by atoms with Crippen molar-refractivity contribution >= 4 is 5.82 Å². The molecule has 1 N–H and O–H groups in total. The van der Waals surface area contributed by atoms with Crippen LogP contribution in [0, 0.1) is 6.92 Å². The molecule has 2 aliphatic heterocycles. The highest BCUT2D eigenvalue weighted by Gasteiger charge is 2.40. The second kappa shape index (κ2) is 8.18. The van der Waals surface area contributed by atoms with Gasteiger partial charge in [0.05, 0.1) is 0 Å². The van der Waals surface area contributed by atoms with Crippen LogP contribution in [0.15, 0.2) is 36.4 Å². The Labute approximate surface area is 168 Å². The normalized spacial score (nSPS) is 24.0. The van der Waals surface area contributed by atoms with Gasteiger partial charge in [-0.25, -0.2) is 9.97 Å². The molecule has 2 saturated heterocycles. The first-order chi connectivity index (χ1) is 13.6. The van der Waals surface area contributed by atoms with Gasteiger partial charge in [0.1, 0.15) is 17.2 Å². The second-order valence-electron chi connectivity index (χ2n) is 8.37. The Balaban J connectivity index is 1.37. The van der Waals surface area contributed by atoms with E-state index in [2.05, 4.69) is 46.8 Å². The molecule has 2 fully saturated rings. The fourth-order valence-corrected chi connectivity index (χ4v) is 4.69. The summed E-state index contributed by atoms with van der Waals surface area (Å²) in [6.07, 6.45) is 5.08. The Morgan fingerprint density at radius 3 is 2.57 bits per heavy atom. The number of β-amino-alcohol motifs (C(OH)–C–C–N with tert-alkyl or cyclic N) is 1. The lowest BCUT2D eigenvalue weighted by atomic mass is 9.93. The minimum Gasteiger partial charge on any atom is -0.384 e. The van der Waals surface area contributed by atoms with E-state index >= 15 is 0 Å². The number of benzene rings is 1. The van der Waals surface area contributed by atoms with E-state index in [-0.39, 0.29) is 0 Å². The van der Waals surface area contributed by atoms with Gasteiger partial charge in [-0.2, -0.15) is 0 Å². The summed E-state index contributed by atoms with van der Waals surface area (Å²) in [6.45, 7) is 7.99. The number of hydrogen-bond donors (Lipinski definition) is 1. The molecule has 0 unspecified atom stereocenters. The molecule has 150 valence electrons. The molecule has 0 spiro atoms. The topological polar surface area (TPSA) is 52.5 Å². The number of aromatic nitrogens is 2. The van der Waals surface area contributed by atoms with Gasteiger partial charge >= 0.3 is 0 Å². The van der Waals surface area contributed by atoms with E-state index in [4.69, 9.17) is 4.98 Å². The number of rotatable bonds is 5. The van der Waals surface area contributed by atoms with Crippen molar-refractivity contribution in [3.05, 3.63) is 53.5 Å². The molecule has 5 nitrogen and oxygen atoms in total. The third-order valence-electron chi connectivity index (χ3n) is 6.25. The van der Waals surface area contributed by atoms with Crippen molar-refractivity contribution in [3.8, 4) is 0 Å². The number of likely N-dealkylation sites (tertiary alicyclic amines) is 1. The second-order valence-corrected chi connectivity index (χ2v) is 8.37. The Kier molecular flexibility index (Phi) is 5.65. The third kappa shape index (κ3) is 4.06. The van der Waals surface area contributed by atoms with Gasteiger partial charge in [-0.15, -0.1) is 0 Å². The van der Waals surface area contributed by atoms with Crippen LogP contribution in [0.2, 0.25) is 0 Å². The zero-order chi connectivity index (χ0) is 19.6. The highest BCUT2D eigenvalue weighted by Crippen LogP contribution is 2.35. The van der Waals surface area contributed by atoms with Crippen molar-refractivity contribution in [2.75, 3.05) is 31.1 Å². The molecule has 2 aliphatic rings. The van der Waals surface area contributed by atoms with E-state index < -0.39 is 5.60 Å². The summed E-state index contributed by atoms with van der Waals surface area (Å²) in [4.78, 5) is 14.3. The van der Waals surface area contributed by atoms with Crippen LogP contribution in [0.5, 0.6) is 0 Å². The van der Waals surface area contributed by atoms with Gasteiger partial charge in [0.2, 0.25) is 0 Å². The van der Waals surface area contributed by atoms with E-state index in [1.165, 1.54) is 0 Å². The van der Waals surface area contributed by atoms with Gasteiger partial charge in [0.15, 0.2) is 0 Å². The fraction of sp³-hybridized carbons (Fsp3) is 0.565. The molecular formula is C23H32N4O. The minimum absolute atomic E-state index is 0.548. The summed E-state index contributed by atoms with van der Waals surface area (Å²) in [5.41, 5.74) is 1.41. The number of aliphatic hydroxyl groups is 1. The van der Waals surface area contributed by atoms with Crippen molar-refractivity contribution in [1.82, 2.24) is 14.9 Å². The number of aryl methyl sites for hydroxylation is 2. The Morgan fingerprint density at radius 1 is 1.11 bits per heavy atom. The Morgan fingerprint density at radius 2 is 1.86 bits per heavy atom. The molecule has 0 aliphatic carbocycles. The first-order valence-electron chi connectivity index (χ1n) is 10.7. The molecule has 5 heteroatoms. The maximum atomic E-state index is 11.1. The number of hydrogen-bond acceptors (Lipinski definition) is 5. The SMILES string of the molecule is CCCc1nc(C)cc(N2CCC(N3CC[C@](O)(c4ccccc4)C3)CC2)n1. The van der Waals surface area contributed by atoms with Crippen molar-refractivity contribution in [3.63, 3.8) is 0 Å². The highest BCUT2D eigenvalue weighted by molar-refractivity contribution is 5.40. The van der Waals surface area contributed by atoms with Gasteiger partial charge in [-0.05, 0) is 38.2 Å². The van der Waals surface area contributed by atoms with E-state index in [1.54, 1.807) is 0 Å². The van der Waals surface area contributed by atoms with E-state index in [9.17, 15) is 5.11 Å². The van der Waals surface area contributed by atoms with Crippen LogP contribution in [-0.2, 0) is 12.0 Å². The Hall–Kier alpha value is -1.98. The van der Waals surface area contributed by atoms with Gasteiger partial charge in [0, 0.05) is 50.4 Å². The van der Waals surface area contributed by atoms with Crippen LogP contribution in [0.1, 0.15) is 49.7 Å². The van der Waals surface area contributed by atoms with E-state index in [0.29, 0.717) is 6.04 Å². The fourth-order valence-electron chi connectivity index (χ4n) is 4.69. The molecule has 2 aromatic rings. The number of anilines is 1. The summed E-state index contributed by atoms with van der Waals surface area (Å²) in [5, 5.41) is 11.1. The molecule has 0 radical (unpaired) electrons. The largest absolute Gasteiger partial charge is 0.384 e. The lowest BCUT2D eigenvalue weighted by Crippen LogP contribution is -2.45. The maximum absolute atomic E-state index is 11.1. The third-order valence-corrected chi connectivity index (χ3v) is 6.25. The van der Waals surface area contributed by atoms with Crippen molar-refractivity contribution in [2.24, 2.45) is 0 Å². The zero-order valence-electron chi connectivity index (χ0n) is 17.1. The molecule has 3 heterocycles. The number of piperidine rings is 1. The van der Waals surface area contributed by atoms with Gasteiger partial charge in [-0.3, -0.25) is 4.90 Å². The summed E-state index contributed by atoms with van der Waals surface area (Å²) in [7, 11) is 0. The molecule has 4 rings (SSSR count). The summed E-state index contributed by atoms with van der Waals surface area (Å²) < 4.78 is 0. The predicted octanol–water partition coefficient (Wildman–Crippen LogP) is 3.30. The summed E-state index contributed by atoms with van der Waals surface area (Å²) in [5.74, 6) is 2.05. The van der Waals surface area contributed by atoms with Crippen LogP contribution in [0.4, 0.5) is 5.82 Å². The average Bonchev–Trinajstić information content (AvgIpc) is 3.12. The van der Waals surface area contributed by atoms with Gasteiger partial charge in [0.25, 0.3) is 0 Å². The molecule has 28 heavy (non-hydrogen) atoms. The molecule has 1 atom stereocenters. The van der Waals surface area contributed by atoms with Crippen molar-refractivity contribution < 1.29 is 5.11 Å². The maximum Gasteiger partial charge on any atom is 0.132 e. The lowest BCUT2D eigenvalue weighted by molar-refractivity contribution is 0.0385. The van der Waals surface area contributed by atoms with Crippen molar-refractivity contribution in [1.29, 1.82) is 0 Å². The average molecular weight is 381 g/mol. The van der Waals surface area contributed by atoms with Crippen LogP contribution < -0.4 is 4.90 Å². The monoisotopic (exact) mass is 380 g/mol. The van der Waals surface area contributed by atoms with Gasteiger partial charge < -0.3 is 10.0 Å². The summed E-state index contributed by atoms with van der Waals surface area (Å²) >= 11 is 0. The van der Waals surface area contributed by atoms with Gasteiger partial charge in [-0.1, -0.05) is 37.3 Å². The Bertz CT molecular complexity index is 788. The van der Waals surface area contributed by atoms with E-state index in [0.717, 1.165) is 81.2 Å². The van der Waals surface area contributed by atoms with E-state index in [1.807, 2.05) is 18.2 Å². The first-order valence-corrected chi connectivity index (χ1v) is 10.7. The first kappa shape index (κ1) is 19.3. The van der Waals surface area contributed by atoms with Crippen LogP contribution in [-0.4, -0.2) is 52.2 Å². The molecule has 1 aromatic heterocycles. The number of nitrogens with zero attached hydrogens (tertiary/aromatic N) is 4. The standard InChI is InChI=1S/C23H32N4O/c1-3-7-21-24-18(2)16-22(25-21)26-13-10-20(11-14-26)27-15-12-23(28,17-27)19-8-5-4-6-9-19/h4-6,8-9,16,20,28H,3,7,10-15,17H2,1-2H3/t23-/m1/s1. The molecule has 0 bridgehead atoms. The van der Waals surface area contributed by atoms with Crippen LogP contribution >= 0.6 is 0 Å². The van der Waals surface area contributed by atoms with Crippen LogP contribution in [0.3, 0.4) is 0 Å². The molecule has 0 amide bonds. The molecular weight excluding hydrogens is 348 g/mol. The summed E-state index contributed by atoms with van der Waals surface area (Å²) in [6, 6.07) is 12.8. The minimum atomic E-state index is -0.697. The van der Waals surface area contributed by atoms with Crippen LogP contribution in [0.25, 0.3) is 0 Å². The molecule has 1 aromatic carbocycles. The molecule has 0 saturated carbocycles.